The molecular weight excluding hydrogens is 581 g/mol. The van der Waals surface area contributed by atoms with Crippen LogP contribution in [0.5, 0.6) is 0 Å². The first kappa shape index (κ1) is 41.5. The zero-order chi connectivity index (χ0) is 32.6. The minimum Gasteiger partial charge on any atom is -0.408 e. The number of nitrogens with zero attached hydrogens (tertiary/aromatic N) is 2. The molecule has 43 heavy (non-hydrogen) atoms. The maximum Gasteiger partial charge on any atom is 0.474 e. The van der Waals surface area contributed by atoms with Crippen molar-refractivity contribution in [1.29, 1.82) is 10.5 Å². The molecule has 2 atom stereocenters. The van der Waals surface area contributed by atoms with Gasteiger partial charge in [-0.1, -0.05) is 104 Å². The van der Waals surface area contributed by atoms with Gasteiger partial charge in [0.2, 0.25) is 5.91 Å². The molecule has 9 nitrogen and oxygen atoms in total. The van der Waals surface area contributed by atoms with Crippen molar-refractivity contribution in [2.75, 3.05) is 19.8 Å². The van der Waals surface area contributed by atoms with Gasteiger partial charge >= 0.3 is 7.82 Å². The zero-order valence-corrected chi connectivity index (χ0v) is 30.0. The molecule has 11 heteroatoms. The standard InChI is InChI=1S/C32H60N3O6PSi/c1-8-9-10-11-12-13-14-15-16-17-18-19-20-23-31(41-43(6,7)32(3,4)5)30(35-29(2)36)28-40-42(37,38-26-21-24-33)39-27-22-25-34/h20,23,30-31H,8-19,21-22,26-28H2,1-7H3,(H,35,36)/b23-20+/t30-,31+/m0/s1. The van der Waals surface area contributed by atoms with Gasteiger partial charge in [-0.2, -0.15) is 10.5 Å². The molecule has 0 aromatic heterocycles. The van der Waals surface area contributed by atoms with Gasteiger partial charge in [-0.3, -0.25) is 18.4 Å². The fraction of sp³-hybridized carbons (Fsp3) is 0.844. The lowest BCUT2D eigenvalue weighted by Crippen LogP contribution is -2.52. The number of phosphoric ester groups is 1. The van der Waals surface area contributed by atoms with Crippen LogP contribution in [0, 0.1) is 22.7 Å². The minimum atomic E-state index is -4.08. The zero-order valence-electron chi connectivity index (χ0n) is 28.1. The number of unbranched alkanes of at least 4 members (excludes halogenated alkanes) is 11. The molecule has 0 aromatic rings. The number of rotatable bonds is 26. The summed E-state index contributed by atoms with van der Waals surface area (Å²) in [5.41, 5.74) is 0. The van der Waals surface area contributed by atoms with Crippen LogP contribution in [0.25, 0.3) is 0 Å². The van der Waals surface area contributed by atoms with E-state index < -0.39 is 28.3 Å². The predicted molar refractivity (Wildman–Crippen MR) is 176 cm³/mol. The fourth-order valence-electron chi connectivity index (χ4n) is 4.10. The SMILES string of the molecule is CCCCCCCCCCCCC/C=C/[C@@H](O[Si](C)(C)C(C)(C)C)[C@H](COP(=O)(OCCC#N)OCCC#N)NC(C)=O. The maximum absolute atomic E-state index is 13.3. The largest absolute Gasteiger partial charge is 0.474 e. The Bertz CT molecular complexity index is 886. The number of phosphoric acid groups is 1. The summed E-state index contributed by atoms with van der Waals surface area (Å²) in [5, 5.41) is 20.5. The van der Waals surface area contributed by atoms with Crippen molar-refractivity contribution in [3.63, 3.8) is 0 Å². The number of hydrogen-bond acceptors (Lipinski definition) is 8. The van der Waals surface area contributed by atoms with Crippen LogP contribution in [-0.2, 0) is 27.4 Å². The molecule has 0 radical (unpaired) electrons. The van der Waals surface area contributed by atoms with E-state index in [9.17, 15) is 9.36 Å². The molecule has 0 bridgehead atoms. The van der Waals surface area contributed by atoms with Gasteiger partial charge in [-0.05, 0) is 31.0 Å². The van der Waals surface area contributed by atoms with Gasteiger partial charge in [0.25, 0.3) is 0 Å². The summed E-state index contributed by atoms with van der Waals surface area (Å²) in [5.74, 6) is -0.276. The number of carbonyl (C=O) groups is 1. The first-order valence-corrected chi connectivity index (χ1v) is 20.6. The summed E-state index contributed by atoms with van der Waals surface area (Å²) in [4.78, 5) is 12.2. The average molecular weight is 642 g/mol. The smallest absolute Gasteiger partial charge is 0.408 e. The Labute approximate surface area is 263 Å². The third kappa shape index (κ3) is 21.0. The van der Waals surface area contributed by atoms with Crippen LogP contribution in [-0.4, -0.2) is 46.2 Å². The summed E-state index contributed by atoms with van der Waals surface area (Å²) in [6.07, 6.45) is 18.6. The van der Waals surface area contributed by atoms with Crippen molar-refractivity contribution in [2.24, 2.45) is 0 Å². The van der Waals surface area contributed by atoms with Crippen molar-refractivity contribution in [3.05, 3.63) is 12.2 Å². The summed E-state index contributed by atoms with van der Waals surface area (Å²) >= 11 is 0. The van der Waals surface area contributed by atoms with Crippen molar-refractivity contribution in [3.8, 4) is 12.1 Å². The Kier molecular flexibility index (Phi) is 23.0. The molecule has 248 valence electrons. The Hall–Kier alpha value is -1.52. The van der Waals surface area contributed by atoms with E-state index in [2.05, 4.69) is 52.2 Å². The minimum absolute atomic E-state index is 0.00295. The molecule has 0 saturated carbocycles. The molecule has 1 amide bonds. The second-order valence-electron chi connectivity index (χ2n) is 12.6. The lowest BCUT2D eigenvalue weighted by Gasteiger charge is -2.40. The average Bonchev–Trinajstić information content (AvgIpc) is 2.92. The van der Waals surface area contributed by atoms with Crippen molar-refractivity contribution < 1.29 is 27.4 Å². The van der Waals surface area contributed by atoms with Gasteiger partial charge in [-0.25, -0.2) is 4.57 Å². The fourth-order valence-corrected chi connectivity index (χ4v) is 6.57. The van der Waals surface area contributed by atoms with E-state index in [0.717, 1.165) is 12.8 Å². The third-order valence-corrected chi connectivity index (χ3v) is 13.6. The maximum atomic E-state index is 13.3. The highest BCUT2D eigenvalue weighted by Crippen LogP contribution is 2.50. The Morgan fingerprint density at radius 2 is 1.37 bits per heavy atom. The normalized spacial score (nSPS) is 13.9. The van der Waals surface area contributed by atoms with E-state index in [0.29, 0.717) is 0 Å². The van der Waals surface area contributed by atoms with E-state index in [1.165, 1.54) is 71.1 Å². The van der Waals surface area contributed by atoms with E-state index >= 15 is 0 Å². The molecule has 0 fully saturated rings. The van der Waals surface area contributed by atoms with Gasteiger partial charge in [0.05, 0.1) is 56.9 Å². The highest BCUT2D eigenvalue weighted by molar-refractivity contribution is 7.48. The molecule has 0 unspecified atom stereocenters. The molecule has 1 N–H and O–H groups in total. The molecule has 0 spiro atoms. The highest BCUT2D eigenvalue weighted by Gasteiger charge is 2.41. The third-order valence-electron chi connectivity index (χ3n) is 7.66. The number of nitriles is 2. The molecule has 0 aromatic carbocycles. The van der Waals surface area contributed by atoms with Crippen LogP contribution >= 0.6 is 7.82 Å². The van der Waals surface area contributed by atoms with Gasteiger partial charge in [0.1, 0.15) is 0 Å². The summed E-state index contributed by atoms with van der Waals surface area (Å²) < 4.78 is 36.3. The predicted octanol–water partition coefficient (Wildman–Crippen LogP) is 9.12. The van der Waals surface area contributed by atoms with Crippen LogP contribution < -0.4 is 5.32 Å². The number of amides is 1. The van der Waals surface area contributed by atoms with Gasteiger partial charge in [-0.15, -0.1) is 0 Å². The van der Waals surface area contributed by atoms with E-state index in [1.54, 1.807) is 0 Å². The Balaban J connectivity index is 5.37. The molecule has 0 rings (SSSR count). The quantitative estimate of drug-likeness (QED) is 0.0428. The number of allylic oxidation sites excluding steroid dienone is 1. The van der Waals surface area contributed by atoms with Crippen LogP contribution in [0.15, 0.2) is 12.2 Å². The summed E-state index contributed by atoms with van der Waals surface area (Å²) in [6.45, 7) is 13.9. The molecule has 0 aliphatic heterocycles. The van der Waals surface area contributed by atoms with Crippen LogP contribution in [0.1, 0.15) is 125 Å². The topological polar surface area (TPSA) is 131 Å². The molecule has 0 heterocycles. The Morgan fingerprint density at radius 3 is 1.81 bits per heavy atom. The number of nitrogens with one attached hydrogen (secondary N) is 1. The van der Waals surface area contributed by atoms with Gasteiger partial charge in [0, 0.05) is 6.92 Å². The monoisotopic (exact) mass is 641 g/mol. The van der Waals surface area contributed by atoms with Crippen molar-refractivity contribution in [2.45, 2.75) is 155 Å². The first-order valence-electron chi connectivity index (χ1n) is 16.2. The van der Waals surface area contributed by atoms with Crippen molar-refractivity contribution in [1.82, 2.24) is 5.32 Å². The lowest BCUT2D eigenvalue weighted by atomic mass is 10.0. The molecule has 0 aliphatic rings. The van der Waals surface area contributed by atoms with Crippen LogP contribution in [0.2, 0.25) is 18.1 Å². The van der Waals surface area contributed by atoms with Gasteiger partial charge < -0.3 is 9.74 Å². The van der Waals surface area contributed by atoms with E-state index in [1.807, 2.05) is 18.2 Å². The summed E-state index contributed by atoms with van der Waals surface area (Å²) in [6, 6.07) is 3.19. The second-order valence-corrected chi connectivity index (χ2v) is 19.1. The van der Waals surface area contributed by atoms with Crippen LogP contribution in [0.3, 0.4) is 0 Å². The van der Waals surface area contributed by atoms with E-state index in [-0.39, 0.29) is 43.6 Å². The Morgan fingerprint density at radius 1 is 0.884 bits per heavy atom. The molecule has 0 aliphatic carbocycles. The molecule has 0 saturated heterocycles. The van der Waals surface area contributed by atoms with Crippen LogP contribution in [0.4, 0.5) is 0 Å². The number of carbonyl (C=O) groups excluding carboxylic acids is 1. The second kappa shape index (κ2) is 23.8. The lowest BCUT2D eigenvalue weighted by molar-refractivity contribution is -0.120. The van der Waals surface area contributed by atoms with Gasteiger partial charge in [0.15, 0.2) is 8.32 Å². The molecular formula is C32H60N3O6PSi. The van der Waals surface area contributed by atoms with E-state index in [4.69, 9.17) is 28.5 Å². The first-order chi connectivity index (χ1) is 20.3. The summed E-state index contributed by atoms with van der Waals surface area (Å²) in [7, 11) is -6.36. The van der Waals surface area contributed by atoms with Crippen molar-refractivity contribution >= 4 is 22.0 Å². The highest BCUT2D eigenvalue weighted by atomic mass is 31.2. The number of hydrogen-bond donors (Lipinski definition) is 1.